The Morgan fingerprint density at radius 3 is 2.81 bits per heavy atom. The van der Waals surface area contributed by atoms with Crippen LogP contribution in [-0.2, 0) is 14.8 Å². The maximum Gasteiger partial charge on any atom is 0.265 e. The average molecular weight is 308 g/mol. The maximum atomic E-state index is 12.1. The van der Waals surface area contributed by atoms with Gasteiger partial charge in [-0.05, 0) is 19.1 Å². The normalized spacial score (nSPS) is 11.5. The van der Waals surface area contributed by atoms with Crippen LogP contribution in [-0.4, -0.2) is 38.3 Å². The standard InChI is InChI=1S/C14H16N2O4S/c1-2-20-9-10-21(18,19)16-14(17)12-7-8-15-13-6-4-3-5-11(12)13/h3-8H,2,9-10H2,1H3,(H,16,17). The first kappa shape index (κ1) is 15.4. The second-order valence-electron chi connectivity index (χ2n) is 4.32. The van der Waals surface area contributed by atoms with Crippen molar-refractivity contribution in [2.24, 2.45) is 0 Å². The lowest BCUT2D eigenvalue weighted by Crippen LogP contribution is -2.34. The highest BCUT2D eigenvalue weighted by atomic mass is 32.2. The van der Waals surface area contributed by atoms with Gasteiger partial charge in [0.1, 0.15) is 0 Å². The second kappa shape index (κ2) is 6.64. The van der Waals surface area contributed by atoms with Crippen molar-refractivity contribution in [2.45, 2.75) is 6.92 Å². The van der Waals surface area contributed by atoms with Gasteiger partial charge < -0.3 is 4.74 Å². The number of nitrogens with zero attached hydrogens (tertiary/aromatic N) is 1. The summed E-state index contributed by atoms with van der Waals surface area (Å²) in [5.74, 6) is -0.916. The molecule has 0 unspecified atom stereocenters. The highest BCUT2D eigenvalue weighted by Gasteiger charge is 2.17. The van der Waals surface area contributed by atoms with Crippen molar-refractivity contribution in [3.63, 3.8) is 0 Å². The third-order valence-corrected chi connectivity index (χ3v) is 4.04. The minimum Gasteiger partial charge on any atom is -0.381 e. The van der Waals surface area contributed by atoms with E-state index in [9.17, 15) is 13.2 Å². The van der Waals surface area contributed by atoms with Crippen molar-refractivity contribution in [1.82, 2.24) is 9.71 Å². The Kier molecular flexibility index (Phi) is 4.87. The molecule has 2 rings (SSSR count). The predicted octanol–water partition coefficient (Wildman–Crippen LogP) is 1.33. The lowest BCUT2D eigenvalue weighted by Gasteiger charge is -2.08. The Bertz CT molecular complexity index is 738. The molecule has 1 aromatic heterocycles. The molecule has 0 saturated carbocycles. The number of carbonyl (C=O) groups excluding carboxylic acids is 1. The first-order valence-electron chi connectivity index (χ1n) is 6.50. The zero-order chi connectivity index (χ0) is 15.3. The van der Waals surface area contributed by atoms with Crippen LogP contribution in [0.25, 0.3) is 10.9 Å². The number of aromatic nitrogens is 1. The maximum absolute atomic E-state index is 12.1. The molecule has 21 heavy (non-hydrogen) atoms. The molecule has 1 aromatic carbocycles. The van der Waals surface area contributed by atoms with Crippen LogP contribution in [0.4, 0.5) is 0 Å². The van der Waals surface area contributed by atoms with E-state index in [0.717, 1.165) is 0 Å². The zero-order valence-electron chi connectivity index (χ0n) is 11.6. The van der Waals surface area contributed by atoms with Gasteiger partial charge in [0.05, 0.1) is 23.4 Å². The monoisotopic (exact) mass is 308 g/mol. The molecule has 0 aliphatic heterocycles. The fourth-order valence-corrected chi connectivity index (χ4v) is 2.69. The number of benzene rings is 1. The number of para-hydroxylation sites is 1. The minimum absolute atomic E-state index is 0.0518. The summed E-state index contributed by atoms with van der Waals surface area (Å²) in [6, 6.07) is 8.55. The number of nitrogens with one attached hydrogen (secondary N) is 1. The molecule has 7 heteroatoms. The Hall–Kier alpha value is -1.99. The third-order valence-electron chi connectivity index (χ3n) is 2.84. The molecule has 0 fully saturated rings. The van der Waals surface area contributed by atoms with Gasteiger partial charge >= 0.3 is 0 Å². The van der Waals surface area contributed by atoms with E-state index < -0.39 is 15.9 Å². The van der Waals surface area contributed by atoms with Gasteiger partial charge in [-0.2, -0.15) is 0 Å². The van der Waals surface area contributed by atoms with Crippen LogP contribution in [0.15, 0.2) is 36.5 Å². The average Bonchev–Trinajstić information content (AvgIpc) is 2.46. The van der Waals surface area contributed by atoms with Gasteiger partial charge in [-0.1, -0.05) is 18.2 Å². The largest absolute Gasteiger partial charge is 0.381 e. The molecule has 112 valence electrons. The number of hydrogen-bond donors (Lipinski definition) is 1. The third kappa shape index (κ3) is 3.99. The number of sulfonamides is 1. The lowest BCUT2D eigenvalue weighted by molar-refractivity contribution is 0.0982. The Morgan fingerprint density at radius 2 is 2.05 bits per heavy atom. The summed E-state index contributed by atoms with van der Waals surface area (Å²) in [5, 5.41) is 0.609. The summed E-state index contributed by atoms with van der Waals surface area (Å²) >= 11 is 0. The molecule has 1 N–H and O–H groups in total. The van der Waals surface area contributed by atoms with E-state index in [-0.39, 0.29) is 17.9 Å². The Morgan fingerprint density at radius 1 is 1.29 bits per heavy atom. The van der Waals surface area contributed by atoms with Crippen molar-refractivity contribution >= 4 is 26.8 Å². The summed E-state index contributed by atoms with van der Waals surface area (Å²) < 4.78 is 30.6. The fourth-order valence-electron chi connectivity index (χ4n) is 1.85. The number of pyridine rings is 1. The summed E-state index contributed by atoms with van der Waals surface area (Å²) in [4.78, 5) is 16.3. The predicted molar refractivity (Wildman–Crippen MR) is 79.5 cm³/mol. The smallest absolute Gasteiger partial charge is 0.265 e. The van der Waals surface area contributed by atoms with Crippen LogP contribution in [0, 0.1) is 0 Å². The van der Waals surface area contributed by atoms with Gasteiger partial charge in [-0.15, -0.1) is 0 Å². The van der Waals surface area contributed by atoms with E-state index in [4.69, 9.17) is 4.74 Å². The highest BCUT2D eigenvalue weighted by Crippen LogP contribution is 2.16. The van der Waals surface area contributed by atoms with Crippen molar-refractivity contribution in [3.05, 3.63) is 42.1 Å². The summed E-state index contributed by atoms with van der Waals surface area (Å²) in [5.41, 5.74) is 0.914. The van der Waals surface area contributed by atoms with Crippen LogP contribution >= 0.6 is 0 Å². The lowest BCUT2D eigenvalue weighted by atomic mass is 10.1. The quantitative estimate of drug-likeness (QED) is 0.814. The van der Waals surface area contributed by atoms with Crippen LogP contribution in [0.3, 0.4) is 0 Å². The molecule has 0 aliphatic carbocycles. The first-order chi connectivity index (χ1) is 10.0. The van der Waals surface area contributed by atoms with Crippen LogP contribution < -0.4 is 4.72 Å². The van der Waals surface area contributed by atoms with Crippen molar-refractivity contribution < 1.29 is 17.9 Å². The second-order valence-corrected chi connectivity index (χ2v) is 6.16. The van der Waals surface area contributed by atoms with E-state index in [1.807, 2.05) is 4.72 Å². The summed E-state index contributed by atoms with van der Waals surface area (Å²) in [6.07, 6.45) is 1.48. The van der Waals surface area contributed by atoms with Crippen LogP contribution in [0.5, 0.6) is 0 Å². The molecular weight excluding hydrogens is 292 g/mol. The molecular formula is C14H16N2O4S. The van der Waals surface area contributed by atoms with E-state index in [1.54, 1.807) is 31.2 Å². The molecule has 0 spiro atoms. The van der Waals surface area contributed by atoms with Gasteiger partial charge in [0, 0.05) is 18.2 Å². The highest BCUT2D eigenvalue weighted by molar-refractivity contribution is 7.90. The van der Waals surface area contributed by atoms with E-state index in [2.05, 4.69) is 4.98 Å². The fraction of sp³-hybridized carbons (Fsp3) is 0.286. The number of ether oxygens (including phenoxy) is 1. The molecule has 0 radical (unpaired) electrons. The number of amides is 1. The minimum atomic E-state index is -3.71. The van der Waals surface area contributed by atoms with E-state index >= 15 is 0 Å². The van der Waals surface area contributed by atoms with Gasteiger partial charge in [-0.3, -0.25) is 9.78 Å². The number of carbonyl (C=O) groups is 1. The molecule has 0 bridgehead atoms. The van der Waals surface area contributed by atoms with Gasteiger partial charge in [0.2, 0.25) is 10.0 Å². The topological polar surface area (TPSA) is 85.4 Å². The number of rotatable bonds is 6. The van der Waals surface area contributed by atoms with Crippen molar-refractivity contribution in [2.75, 3.05) is 19.0 Å². The number of fused-ring (bicyclic) bond motifs is 1. The molecule has 6 nitrogen and oxygen atoms in total. The van der Waals surface area contributed by atoms with Crippen LogP contribution in [0.1, 0.15) is 17.3 Å². The Balaban J connectivity index is 2.19. The first-order valence-corrected chi connectivity index (χ1v) is 8.15. The number of hydrogen-bond acceptors (Lipinski definition) is 5. The molecule has 0 atom stereocenters. The van der Waals surface area contributed by atoms with Crippen LogP contribution in [0.2, 0.25) is 0 Å². The van der Waals surface area contributed by atoms with Gasteiger partial charge in [-0.25, -0.2) is 13.1 Å². The van der Waals surface area contributed by atoms with Crippen molar-refractivity contribution in [3.8, 4) is 0 Å². The SMILES string of the molecule is CCOCCS(=O)(=O)NC(=O)c1ccnc2ccccc12. The molecule has 0 aliphatic rings. The zero-order valence-corrected chi connectivity index (χ0v) is 12.4. The molecule has 1 amide bonds. The molecule has 1 heterocycles. The van der Waals surface area contributed by atoms with Crippen molar-refractivity contribution in [1.29, 1.82) is 0 Å². The Labute approximate surface area is 123 Å². The van der Waals surface area contributed by atoms with E-state index in [0.29, 0.717) is 17.5 Å². The van der Waals surface area contributed by atoms with E-state index in [1.165, 1.54) is 12.3 Å². The summed E-state index contributed by atoms with van der Waals surface area (Å²) in [6.45, 7) is 2.25. The van der Waals surface area contributed by atoms with Gasteiger partial charge in [0.25, 0.3) is 5.91 Å². The van der Waals surface area contributed by atoms with Gasteiger partial charge in [0.15, 0.2) is 0 Å². The molecule has 2 aromatic rings. The molecule has 0 saturated heterocycles. The summed E-state index contributed by atoms with van der Waals surface area (Å²) in [7, 11) is -3.71.